The second-order valence-electron chi connectivity index (χ2n) is 3.50. The minimum Gasteiger partial charge on any atom is -0.381 e. The van der Waals surface area contributed by atoms with Gasteiger partial charge in [0.15, 0.2) is 0 Å². The van der Waals surface area contributed by atoms with Gasteiger partial charge in [0.05, 0.1) is 11.4 Å². The van der Waals surface area contributed by atoms with Crippen molar-refractivity contribution >= 4 is 23.0 Å². The van der Waals surface area contributed by atoms with E-state index < -0.39 is 0 Å². The normalized spacial score (nSPS) is 20.8. The SMILES string of the molecule is CC1CNc2cc(Cl)ccc2N1C. The first-order chi connectivity index (χ1) is 6.18. The topological polar surface area (TPSA) is 15.3 Å². The maximum atomic E-state index is 5.90. The Balaban J connectivity index is 2.44. The molecule has 0 radical (unpaired) electrons. The van der Waals surface area contributed by atoms with E-state index >= 15 is 0 Å². The van der Waals surface area contributed by atoms with E-state index in [4.69, 9.17) is 11.6 Å². The van der Waals surface area contributed by atoms with Crippen LogP contribution < -0.4 is 10.2 Å². The Morgan fingerprint density at radius 3 is 3.08 bits per heavy atom. The molecule has 3 heteroatoms. The highest BCUT2D eigenvalue weighted by atomic mass is 35.5. The van der Waals surface area contributed by atoms with Crippen LogP contribution in [0, 0.1) is 0 Å². The van der Waals surface area contributed by atoms with Gasteiger partial charge in [-0.05, 0) is 25.1 Å². The van der Waals surface area contributed by atoms with E-state index in [0.717, 1.165) is 17.3 Å². The van der Waals surface area contributed by atoms with Crippen LogP contribution in [0.1, 0.15) is 6.92 Å². The van der Waals surface area contributed by atoms with Crippen LogP contribution in [-0.2, 0) is 0 Å². The van der Waals surface area contributed by atoms with Crippen LogP contribution in [0.5, 0.6) is 0 Å². The molecule has 1 aliphatic rings. The minimum atomic E-state index is 0.536. The lowest BCUT2D eigenvalue weighted by Crippen LogP contribution is -2.39. The van der Waals surface area contributed by atoms with Crippen molar-refractivity contribution in [3.8, 4) is 0 Å². The third-order valence-electron chi connectivity index (χ3n) is 2.59. The second-order valence-corrected chi connectivity index (χ2v) is 3.94. The Kier molecular flexibility index (Phi) is 2.08. The fraction of sp³-hybridized carbons (Fsp3) is 0.400. The van der Waals surface area contributed by atoms with Gasteiger partial charge in [-0.3, -0.25) is 0 Å². The highest BCUT2D eigenvalue weighted by Gasteiger charge is 2.18. The maximum Gasteiger partial charge on any atom is 0.0603 e. The van der Waals surface area contributed by atoms with Crippen LogP contribution in [0.4, 0.5) is 11.4 Å². The molecule has 0 spiro atoms. The minimum absolute atomic E-state index is 0.536. The van der Waals surface area contributed by atoms with E-state index in [1.54, 1.807) is 0 Å². The van der Waals surface area contributed by atoms with E-state index in [1.807, 2.05) is 12.1 Å². The zero-order valence-corrected chi connectivity index (χ0v) is 8.60. The number of anilines is 2. The lowest BCUT2D eigenvalue weighted by Gasteiger charge is -2.34. The van der Waals surface area contributed by atoms with E-state index in [-0.39, 0.29) is 0 Å². The van der Waals surface area contributed by atoms with Gasteiger partial charge >= 0.3 is 0 Å². The Labute approximate surface area is 83.5 Å². The van der Waals surface area contributed by atoms with Crippen LogP contribution >= 0.6 is 11.6 Å². The second kappa shape index (κ2) is 3.11. The first kappa shape index (κ1) is 8.70. The van der Waals surface area contributed by atoms with E-state index in [9.17, 15) is 0 Å². The monoisotopic (exact) mass is 196 g/mol. The lowest BCUT2D eigenvalue weighted by molar-refractivity contribution is 0.699. The lowest BCUT2D eigenvalue weighted by atomic mass is 10.1. The number of nitrogens with one attached hydrogen (secondary N) is 1. The molecule has 1 N–H and O–H groups in total. The Morgan fingerprint density at radius 2 is 2.31 bits per heavy atom. The summed E-state index contributed by atoms with van der Waals surface area (Å²) in [7, 11) is 2.11. The molecule has 70 valence electrons. The molecule has 1 aromatic rings. The van der Waals surface area contributed by atoms with Gasteiger partial charge in [-0.15, -0.1) is 0 Å². The van der Waals surface area contributed by atoms with Crippen molar-refractivity contribution in [2.75, 3.05) is 23.8 Å². The zero-order valence-electron chi connectivity index (χ0n) is 7.84. The molecule has 1 aliphatic heterocycles. The third-order valence-corrected chi connectivity index (χ3v) is 2.82. The summed E-state index contributed by atoms with van der Waals surface area (Å²) in [5, 5.41) is 4.14. The van der Waals surface area contributed by atoms with Gasteiger partial charge in [0.1, 0.15) is 0 Å². The van der Waals surface area contributed by atoms with Crippen LogP contribution in [0.3, 0.4) is 0 Å². The Bertz CT molecular complexity index is 325. The predicted octanol–water partition coefficient (Wildman–Crippen LogP) is 2.59. The van der Waals surface area contributed by atoms with Gasteiger partial charge in [-0.25, -0.2) is 0 Å². The number of fused-ring (bicyclic) bond motifs is 1. The molecule has 0 amide bonds. The molecule has 0 bridgehead atoms. The summed E-state index contributed by atoms with van der Waals surface area (Å²) >= 11 is 5.90. The first-order valence-electron chi connectivity index (χ1n) is 4.45. The van der Waals surface area contributed by atoms with E-state index in [0.29, 0.717) is 6.04 Å². The average molecular weight is 197 g/mol. The van der Waals surface area contributed by atoms with Gasteiger partial charge in [0.25, 0.3) is 0 Å². The van der Waals surface area contributed by atoms with Crippen LogP contribution in [-0.4, -0.2) is 19.6 Å². The van der Waals surface area contributed by atoms with Crippen molar-refractivity contribution in [3.63, 3.8) is 0 Å². The van der Waals surface area contributed by atoms with Crippen LogP contribution in [0.2, 0.25) is 5.02 Å². The number of rotatable bonds is 0. The summed E-state index contributed by atoms with van der Waals surface area (Å²) in [5.41, 5.74) is 2.36. The summed E-state index contributed by atoms with van der Waals surface area (Å²) in [5.74, 6) is 0. The molecule has 0 saturated heterocycles. The quantitative estimate of drug-likeness (QED) is 0.686. The Hall–Kier alpha value is -0.890. The maximum absolute atomic E-state index is 5.90. The van der Waals surface area contributed by atoms with Crippen molar-refractivity contribution in [3.05, 3.63) is 23.2 Å². The molecule has 2 rings (SSSR count). The number of benzene rings is 1. The predicted molar refractivity (Wildman–Crippen MR) is 57.8 cm³/mol. The standard InChI is InChI=1S/C10H13ClN2/c1-7-6-12-9-5-8(11)3-4-10(9)13(7)2/h3-5,7,12H,6H2,1-2H3. The molecule has 1 atom stereocenters. The molecule has 1 heterocycles. The number of likely N-dealkylation sites (N-methyl/N-ethyl adjacent to an activating group) is 1. The number of halogens is 1. The van der Waals surface area contributed by atoms with Gasteiger partial charge in [0, 0.05) is 24.7 Å². The van der Waals surface area contributed by atoms with Gasteiger partial charge in [-0.2, -0.15) is 0 Å². The van der Waals surface area contributed by atoms with Crippen molar-refractivity contribution in [2.45, 2.75) is 13.0 Å². The van der Waals surface area contributed by atoms with Crippen molar-refractivity contribution in [1.29, 1.82) is 0 Å². The third kappa shape index (κ3) is 1.46. The molecule has 1 unspecified atom stereocenters. The van der Waals surface area contributed by atoms with Gasteiger partial charge < -0.3 is 10.2 Å². The molecule has 2 nitrogen and oxygen atoms in total. The number of hydrogen-bond donors (Lipinski definition) is 1. The van der Waals surface area contributed by atoms with Crippen molar-refractivity contribution in [2.24, 2.45) is 0 Å². The molecular weight excluding hydrogens is 184 g/mol. The largest absolute Gasteiger partial charge is 0.381 e. The molecular formula is C10H13ClN2. The highest BCUT2D eigenvalue weighted by Crippen LogP contribution is 2.32. The fourth-order valence-corrected chi connectivity index (χ4v) is 1.76. The fourth-order valence-electron chi connectivity index (χ4n) is 1.59. The summed E-state index contributed by atoms with van der Waals surface area (Å²) in [6.07, 6.45) is 0. The first-order valence-corrected chi connectivity index (χ1v) is 4.82. The average Bonchev–Trinajstić information content (AvgIpc) is 2.12. The van der Waals surface area contributed by atoms with Crippen molar-refractivity contribution in [1.82, 2.24) is 0 Å². The summed E-state index contributed by atoms with van der Waals surface area (Å²) in [6, 6.07) is 6.49. The number of nitrogens with zero attached hydrogens (tertiary/aromatic N) is 1. The summed E-state index contributed by atoms with van der Waals surface area (Å²) in [6.45, 7) is 3.17. The molecule has 0 saturated carbocycles. The van der Waals surface area contributed by atoms with Gasteiger partial charge in [0.2, 0.25) is 0 Å². The molecule has 1 aromatic carbocycles. The highest BCUT2D eigenvalue weighted by molar-refractivity contribution is 6.31. The molecule has 0 fully saturated rings. The van der Waals surface area contributed by atoms with E-state index in [2.05, 4.69) is 30.3 Å². The molecule has 0 aliphatic carbocycles. The summed E-state index contributed by atoms with van der Waals surface area (Å²) in [4.78, 5) is 2.27. The smallest absolute Gasteiger partial charge is 0.0603 e. The molecule has 13 heavy (non-hydrogen) atoms. The van der Waals surface area contributed by atoms with Crippen LogP contribution in [0.15, 0.2) is 18.2 Å². The van der Waals surface area contributed by atoms with Crippen LogP contribution in [0.25, 0.3) is 0 Å². The van der Waals surface area contributed by atoms with Crippen molar-refractivity contribution < 1.29 is 0 Å². The van der Waals surface area contributed by atoms with Gasteiger partial charge in [-0.1, -0.05) is 11.6 Å². The zero-order chi connectivity index (χ0) is 9.42. The molecule has 0 aromatic heterocycles. The van der Waals surface area contributed by atoms with E-state index in [1.165, 1.54) is 5.69 Å². The number of hydrogen-bond acceptors (Lipinski definition) is 2. The Morgan fingerprint density at radius 1 is 1.54 bits per heavy atom. The summed E-state index contributed by atoms with van der Waals surface area (Å²) < 4.78 is 0.